The molecule has 0 spiro atoms. The van der Waals surface area contributed by atoms with E-state index in [1.807, 2.05) is 0 Å². The highest BCUT2D eigenvalue weighted by Gasteiger charge is 2.20. The molecule has 5 heteroatoms. The van der Waals surface area contributed by atoms with Crippen molar-refractivity contribution in [3.05, 3.63) is 0 Å². The molecule has 0 bridgehead atoms. The van der Waals surface area contributed by atoms with E-state index < -0.39 is 10.1 Å². The van der Waals surface area contributed by atoms with Gasteiger partial charge >= 0.3 is 0 Å². The summed E-state index contributed by atoms with van der Waals surface area (Å²) in [4.78, 5) is 2.71. The fourth-order valence-electron chi connectivity index (χ4n) is 3.58. The fraction of sp³-hybridized carbons (Fsp3) is 1.00. The summed E-state index contributed by atoms with van der Waals surface area (Å²) in [6, 6.07) is 0. The van der Waals surface area contributed by atoms with Crippen LogP contribution in [0.2, 0.25) is 0 Å². The van der Waals surface area contributed by atoms with Crippen LogP contribution in [0.3, 0.4) is 0 Å². The van der Waals surface area contributed by atoms with E-state index in [0.29, 0.717) is 6.26 Å². The van der Waals surface area contributed by atoms with Crippen molar-refractivity contribution in [3.8, 4) is 0 Å². The first-order chi connectivity index (χ1) is 11.9. The van der Waals surface area contributed by atoms with Gasteiger partial charge in [-0.1, -0.05) is 78.1 Å². The fourth-order valence-corrected chi connectivity index (χ4v) is 3.58. The zero-order chi connectivity index (χ0) is 19.0. The van der Waals surface area contributed by atoms with E-state index in [0.717, 1.165) is 5.92 Å². The predicted octanol–water partition coefficient (Wildman–Crippen LogP) is 5.53. The molecule has 0 aromatic rings. The van der Waals surface area contributed by atoms with Gasteiger partial charge in [-0.25, -0.2) is 0 Å². The lowest BCUT2D eigenvalue weighted by atomic mass is 10.0. The van der Waals surface area contributed by atoms with Crippen LogP contribution < -0.4 is 0 Å². The van der Waals surface area contributed by atoms with Gasteiger partial charge in [-0.05, 0) is 38.3 Å². The maximum atomic E-state index is 9.19. The van der Waals surface area contributed by atoms with Crippen molar-refractivity contribution in [1.29, 1.82) is 0 Å². The Labute approximate surface area is 157 Å². The van der Waals surface area contributed by atoms with Crippen LogP contribution in [-0.2, 0) is 10.1 Å². The normalized spacial score (nSPS) is 18.2. The summed E-state index contributed by atoms with van der Waals surface area (Å²) in [5.41, 5.74) is 0. The first-order valence-electron chi connectivity index (χ1n) is 10.5. The van der Waals surface area contributed by atoms with Gasteiger partial charge in [0, 0.05) is 6.54 Å². The maximum Gasteiger partial charge on any atom is 0.261 e. The van der Waals surface area contributed by atoms with Gasteiger partial charge in [0.05, 0.1) is 6.26 Å². The Hall–Kier alpha value is -0.130. The van der Waals surface area contributed by atoms with Crippen LogP contribution in [0, 0.1) is 5.92 Å². The van der Waals surface area contributed by atoms with Crippen molar-refractivity contribution in [2.24, 2.45) is 5.92 Å². The van der Waals surface area contributed by atoms with Crippen LogP contribution in [0.4, 0.5) is 0 Å². The topological polar surface area (TPSA) is 57.6 Å². The number of nitrogens with zero attached hydrogens (tertiary/aromatic N) is 1. The van der Waals surface area contributed by atoms with Crippen LogP contribution in [-0.4, -0.2) is 43.8 Å². The molecule has 1 atom stereocenters. The highest BCUT2D eigenvalue weighted by Crippen LogP contribution is 2.21. The lowest BCUT2D eigenvalue weighted by molar-refractivity contribution is 0.311. The van der Waals surface area contributed by atoms with Crippen molar-refractivity contribution in [2.45, 2.75) is 97.3 Å². The molecule has 1 N–H and O–H groups in total. The Balaban J connectivity index is 0.00000101. The van der Waals surface area contributed by atoms with E-state index in [1.54, 1.807) is 0 Å². The van der Waals surface area contributed by atoms with Crippen molar-refractivity contribution in [1.82, 2.24) is 4.90 Å². The number of rotatable bonds is 13. The minimum absolute atomic E-state index is 0.715. The third-order valence-electron chi connectivity index (χ3n) is 4.89. The maximum absolute atomic E-state index is 9.19. The Morgan fingerprint density at radius 1 is 0.880 bits per heavy atom. The second-order valence-electron chi connectivity index (χ2n) is 7.66. The van der Waals surface area contributed by atoms with E-state index in [9.17, 15) is 8.42 Å². The van der Waals surface area contributed by atoms with Crippen LogP contribution in [0.15, 0.2) is 0 Å². The summed E-state index contributed by atoms with van der Waals surface area (Å²) in [6.45, 7) is 8.76. The Bertz CT molecular complexity index is 376. The molecule has 1 saturated heterocycles. The molecule has 1 fully saturated rings. The van der Waals surface area contributed by atoms with E-state index in [2.05, 4.69) is 18.7 Å². The minimum atomic E-state index is -3.67. The predicted molar refractivity (Wildman–Crippen MR) is 109 cm³/mol. The van der Waals surface area contributed by atoms with Gasteiger partial charge in [0.15, 0.2) is 0 Å². The average molecular weight is 378 g/mol. The molecule has 1 rings (SSSR count). The number of likely N-dealkylation sites (tertiary alicyclic amines) is 1. The Kier molecular flexibility index (Phi) is 16.0. The van der Waals surface area contributed by atoms with E-state index in [1.165, 1.54) is 103 Å². The molecule has 1 aliphatic rings. The zero-order valence-electron chi connectivity index (χ0n) is 17.0. The van der Waals surface area contributed by atoms with Crippen LogP contribution in [0.25, 0.3) is 0 Å². The second-order valence-corrected chi connectivity index (χ2v) is 9.13. The molecule has 0 aromatic heterocycles. The monoisotopic (exact) mass is 377 g/mol. The summed E-state index contributed by atoms with van der Waals surface area (Å²) < 4.78 is 25.9. The molecule has 152 valence electrons. The van der Waals surface area contributed by atoms with Crippen LogP contribution >= 0.6 is 0 Å². The van der Waals surface area contributed by atoms with Gasteiger partial charge in [-0.2, -0.15) is 8.42 Å². The van der Waals surface area contributed by atoms with Crippen LogP contribution in [0.1, 0.15) is 97.3 Å². The Morgan fingerprint density at radius 3 is 1.84 bits per heavy atom. The largest absolute Gasteiger partial charge is 0.303 e. The van der Waals surface area contributed by atoms with Crippen molar-refractivity contribution in [3.63, 3.8) is 0 Å². The molecule has 1 unspecified atom stereocenters. The first-order valence-corrected chi connectivity index (χ1v) is 12.4. The minimum Gasteiger partial charge on any atom is -0.303 e. The highest BCUT2D eigenvalue weighted by atomic mass is 32.2. The quantitative estimate of drug-likeness (QED) is 0.338. The summed E-state index contributed by atoms with van der Waals surface area (Å²) >= 11 is 0. The summed E-state index contributed by atoms with van der Waals surface area (Å²) in [5, 5.41) is 0. The number of hydrogen-bond acceptors (Lipinski definition) is 3. The average Bonchev–Trinajstić information content (AvgIpc) is 2.95. The van der Waals surface area contributed by atoms with Gasteiger partial charge in [-0.15, -0.1) is 0 Å². The lowest BCUT2D eigenvalue weighted by Gasteiger charge is -2.15. The van der Waals surface area contributed by atoms with Gasteiger partial charge in [0.1, 0.15) is 0 Å². The van der Waals surface area contributed by atoms with E-state index in [-0.39, 0.29) is 0 Å². The molecule has 25 heavy (non-hydrogen) atoms. The van der Waals surface area contributed by atoms with Gasteiger partial charge < -0.3 is 4.90 Å². The third-order valence-corrected chi connectivity index (χ3v) is 4.89. The summed E-state index contributed by atoms with van der Waals surface area (Å²) in [5.74, 6) is 1.02. The molecule has 4 nitrogen and oxygen atoms in total. The number of hydrogen-bond donors (Lipinski definition) is 1. The van der Waals surface area contributed by atoms with Gasteiger partial charge in [0.2, 0.25) is 0 Å². The van der Waals surface area contributed by atoms with Gasteiger partial charge in [-0.3, -0.25) is 4.55 Å². The standard InChI is InChI=1S/C19H39N.CH4O3S/c1-3-5-6-7-8-9-10-11-12-13-16-20-17-15-19(18-20)14-4-2;1-5(2,3)4/h19H,3-18H2,1-2H3;1H3,(H,2,3,4). The smallest absolute Gasteiger partial charge is 0.261 e. The molecular weight excluding hydrogens is 334 g/mol. The summed E-state index contributed by atoms with van der Waals surface area (Å²) in [6.07, 6.45) is 19.6. The highest BCUT2D eigenvalue weighted by molar-refractivity contribution is 7.85. The Morgan fingerprint density at radius 2 is 1.36 bits per heavy atom. The van der Waals surface area contributed by atoms with Gasteiger partial charge in [0.25, 0.3) is 10.1 Å². The molecule has 1 aliphatic heterocycles. The van der Waals surface area contributed by atoms with Crippen molar-refractivity contribution in [2.75, 3.05) is 25.9 Å². The molecule has 0 amide bonds. The molecule has 1 heterocycles. The number of unbranched alkanes of at least 4 members (excludes halogenated alkanes) is 9. The molecular formula is C20H43NO3S. The third kappa shape index (κ3) is 20.0. The van der Waals surface area contributed by atoms with E-state index in [4.69, 9.17) is 4.55 Å². The molecule has 0 saturated carbocycles. The van der Waals surface area contributed by atoms with Crippen molar-refractivity contribution >= 4 is 10.1 Å². The SMILES string of the molecule is CCCCCCCCCCCCN1CCC(CCC)C1.CS(=O)(=O)O. The molecule has 0 radical (unpaired) electrons. The van der Waals surface area contributed by atoms with Crippen LogP contribution in [0.5, 0.6) is 0 Å². The first kappa shape index (κ1) is 24.9. The second kappa shape index (κ2) is 16.1. The molecule has 0 aliphatic carbocycles. The molecule has 0 aromatic carbocycles. The van der Waals surface area contributed by atoms with Crippen molar-refractivity contribution < 1.29 is 13.0 Å². The van der Waals surface area contributed by atoms with E-state index >= 15 is 0 Å². The zero-order valence-corrected chi connectivity index (χ0v) is 17.8. The summed E-state index contributed by atoms with van der Waals surface area (Å²) in [7, 11) is -3.67. The lowest BCUT2D eigenvalue weighted by Crippen LogP contribution is -2.21.